The van der Waals surface area contributed by atoms with Crippen molar-refractivity contribution in [3.63, 3.8) is 0 Å². The van der Waals surface area contributed by atoms with Crippen LogP contribution in [0.25, 0.3) is 0 Å². The number of hydrogen-bond acceptors (Lipinski definition) is 4. The number of sulfonamides is 1. The Labute approximate surface area is 178 Å². The lowest BCUT2D eigenvalue weighted by molar-refractivity contribution is 0.0920. The van der Waals surface area contributed by atoms with Gasteiger partial charge in [-0.05, 0) is 47.9 Å². The molecule has 2 aromatic carbocycles. The monoisotopic (exact) mass is 430 g/mol. The van der Waals surface area contributed by atoms with Crippen LogP contribution < -0.4 is 10.0 Å². The van der Waals surface area contributed by atoms with Gasteiger partial charge in [0.15, 0.2) is 0 Å². The van der Waals surface area contributed by atoms with Crippen molar-refractivity contribution in [2.75, 3.05) is 19.7 Å². The third-order valence-corrected chi connectivity index (χ3v) is 7.11. The van der Waals surface area contributed by atoms with Crippen LogP contribution in [0.4, 0.5) is 0 Å². The van der Waals surface area contributed by atoms with E-state index in [-0.39, 0.29) is 28.9 Å². The Morgan fingerprint density at radius 1 is 1.13 bits per heavy atom. The van der Waals surface area contributed by atoms with Crippen LogP contribution >= 0.6 is 0 Å². The molecule has 3 N–H and O–H groups in total. The second-order valence-corrected chi connectivity index (χ2v) is 10.4. The van der Waals surface area contributed by atoms with E-state index in [2.05, 4.69) is 10.0 Å². The number of carbonyl (C=O) groups excluding carboxylic acids is 1. The summed E-state index contributed by atoms with van der Waals surface area (Å²) in [5, 5.41) is 12.8. The average Bonchev–Trinajstić information content (AvgIpc) is 3.58. The van der Waals surface area contributed by atoms with Crippen LogP contribution in [-0.2, 0) is 10.0 Å². The minimum absolute atomic E-state index is 0.0250. The van der Waals surface area contributed by atoms with Crippen molar-refractivity contribution in [3.8, 4) is 0 Å². The summed E-state index contributed by atoms with van der Waals surface area (Å²) in [6.07, 6.45) is 2.11. The zero-order valence-electron chi connectivity index (χ0n) is 17.5. The molecule has 1 aliphatic rings. The molecule has 0 spiro atoms. The lowest BCUT2D eigenvalue weighted by atomic mass is 9.75. The summed E-state index contributed by atoms with van der Waals surface area (Å²) >= 11 is 0. The van der Waals surface area contributed by atoms with Crippen molar-refractivity contribution in [2.24, 2.45) is 11.3 Å². The number of rotatable bonds is 10. The first kappa shape index (κ1) is 22.5. The molecular formula is C23H30N2O4S. The smallest absolute Gasteiger partial charge is 0.251 e. The van der Waals surface area contributed by atoms with E-state index in [0.29, 0.717) is 19.0 Å². The molecular weight excluding hydrogens is 400 g/mol. The Kier molecular flexibility index (Phi) is 6.95. The van der Waals surface area contributed by atoms with E-state index in [1.54, 1.807) is 12.1 Å². The van der Waals surface area contributed by atoms with Crippen molar-refractivity contribution >= 4 is 15.9 Å². The van der Waals surface area contributed by atoms with Crippen molar-refractivity contribution in [1.29, 1.82) is 0 Å². The highest BCUT2D eigenvalue weighted by Gasteiger charge is 2.31. The van der Waals surface area contributed by atoms with E-state index in [1.165, 1.54) is 12.1 Å². The van der Waals surface area contributed by atoms with Gasteiger partial charge in [0.05, 0.1) is 4.90 Å². The summed E-state index contributed by atoms with van der Waals surface area (Å²) in [5.41, 5.74) is 0.877. The standard InChI is InChI=1S/C23H30N2O4S/c1-23(2,16-26)21(18-7-4-3-5-8-18)15-24-22(27)19-9-6-10-20(13-19)30(28,29)25-14-17-11-12-17/h3-10,13,17,21,25-26H,11-12,14-16H2,1-2H3,(H,24,27)/t21-/m0/s1. The normalized spacial score (nSPS) is 15.6. The molecule has 30 heavy (non-hydrogen) atoms. The quantitative estimate of drug-likeness (QED) is 0.540. The number of carbonyl (C=O) groups is 1. The minimum Gasteiger partial charge on any atom is -0.396 e. The van der Waals surface area contributed by atoms with Crippen molar-refractivity contribution < 1.29 is 18.3 Å². The van der Waals surface area contributed by atoms with Crippen molar-refractivity contribution in [3.05, 3.63) is 65.7 Å². The number of aliphatic hydroxyl groups excluding tert-OH is 1. The first-order valence-electron chi connectivity index (χ1n) is 10.3. The maximum atomic E-state index is 12.8. The van der Waals surface area contributed by atoms with Gasteiger partial charge in [-0.3, -0.25) is 4.79 Å². The molecule has 0 unspecified atom stereocenters. The molecule has 2 aromatic rings. The van der Waals surface area contributed by atoms with Gasteiger partial charge in [0.2, 0.25) is 10.0 Å². The second kappa shape index (κ2) is 9.29. The Hall–Kier alpha value is -2.22. The Morgan fingerprint density at radius 2 is 1.83 bits per heavy atom. The number of benzene rings is 2. The number of nitrogens with one attached hydrogen (secondary N) is 2. The average molecular weight is 431 g/mol. The molecule has 3 rings (SSSR count). The van der Waals surface area contributed by atoms with Gasteiger partial charge in [0, 0.05) is 31.2 Å². The van der Waals surface area contributed by atoms with Crippen molar-refractivity contribution in [1.82, 2.24) is 10.0 Å². The molecule has 6 nitrogen and oxygen atoms in total. The Morgan fingerprint density at radius 3 is 2.47 bits per heavy atom. The van der Waals surface area contributed by atoms with Crippen molar-refractivity contribution in [2.45, 2.75) is 37.5 Å². The molecule has 0 aliphatic heterocycles. The third-order valence-electron chi connectivity index (χ3n) is 5.69. The molecule has 0 aromatic heterocycles. The molecule has 0 saturated heterocycles. The highest BCUT2D eigenvalue weighted by Crippen LogP contribution is 2.34. The largest absolute Gasteiger partial charge is 0.396 e. The maximum Gasteiger partial charge on any atom is 0.251 e. The number of amides is 1. The minimum atomic E-state index is -3.64. The molecule has 1 atom stereocenters. The summed E-state index contributed by atoms with van der Waals surface area (Å²) in [6.45, 7) is 4.65. The van der Waals surface area contributed by atoms with Gasteiger partial charge in [-0.1, -0.05) is 50.2 Å². The van der Waals surface area contributed by atoms with Crippen LogP contribution in [0.3, 0.4) is 0 Å². The molecule has 7 heteroatoms. The van der Waals surface area contributed by atoms with Gasteiger partial charge in [-0.25, -0.2) is 13.1 Å². The van der Waals surface area contributed by atoms with E-state index in [1.807, 2.05) is 44.2 Å². The molecule has 162 valence electrons. The predicted molar refractivity (Wildman–Crippen MR) is 117 cm³/mol. The van der Waals surface area contributed by atoms with E-state index in [0.717, 1.165) is 18.4 Å². The number of hydrogen-bond donors (Lipinski definition) is 3. The lowest BCUT2D eigenvalue weighted by Crippen LogP contribution is -2.37. The predicted octanol–water partition coefficient (Wildman–Crippen LogP) is 2.91. The zero-order valence-corrected chi connectivity index (χ0v) is 18.3. The van der Waals surface area contributed by atoms with Crippen LogP contribution in [0.5, 0.6) is 0 Å². The zero-order chi connectivity index (χ0) is 21.8. The van der Waals surface area contributed by atoms with E-state index in [9.17, 15) is 18.3 Å². The lowest BCUT2D eigenvalue weighted by Gasteiger charge is -2.33. The van der Waals surface area contributed by atoms with Gasteiger partial charge >= 0.3 is 0 Å². The topological polar surface area (TPSA) is 95.5 Å². The Bertz CT molecular complexity index is 970. The first-order chi connectivity index (χ1) is 14.2. The van der Waals surface area contributed by atoms with Gasteiger partial charge in [-0.15, -0.1) is 0 Å². The summed E-state index contributed by atoms with van der Waals surface area (Å²) in [5.74, 6) is -0.0141. The fraction of sp³-hybridized carbons (Fsp3) is 0.435. The summed E-state index contributed by atoms with van der Waals surface area (Å²) in [4.78, 5) is 12.9. The van der Waals surface area contributed by atoms with Gasteiger partial charge in [0.25, 0.3) is 5.91 Å². The second-order valence-electron chi connectivity index (χ2n) is 8.64. The highest BCUT2D eigenvalue weighted by molar-refractivity contribution is 7.89. The van der Waals surface area contributed by atoms with Crippen LogP contribution in [0.15, 0.2) is 59.5 Å². The molecule has 1 saturated carbocycles. The molecule has 0 heterocycles. The molecule has 1 aliphatic carbocycles. The third kappa shape index (κ3) is 5.68. The number of aliphatic hydroxyl groups is 1. The fourth-order valence-electron chi connectivity index (χ4n) is 3.38. The van der Waals surface area contributed by atoms with Crippen LogP contribution in [0.2, 0.25) is 0 Å². The van der Waals surface area contributed by atoms with E-state index < -0.39 is 15.4 Å². The van der Waals surface area contributed by atoms with Gasteiger partial charge < -0.3 is 10.4 Å². The summed E-state index contributed by atoms with van der Waals surface area (Å²) in [7, 11) is -3.64. The highest BCUT2D eigenvalue weighted by atomic mass is 32.2. The van der Waals surface area contributed by atoms with Crippen LogP contribution in [0, 0.1) is 11.3 Å². The summed E-state index contributed by atoms with van der Waals surface area (Å²) < 4.78 is 27.6. The molecule has 1 fully saturated rings. The molecule has 0 radical (unpaired) electrons. The van der Waals surface area contributed by atoms with E-state index in [4.69, 9.17) is 0 Å². The summed E-state index contributed by atoms with van der Waals surface area (Å²) in [6, 6.07) is 15.8. The van der Waals surface area contributed by atoms with Crippen LogP contribution in [0.1, 0.15) is 48.5 Å². The van der Waals surface area contributed by atoms with E-state index >= 15 is 0 Å². The Balaban J connectivity index is 1.71. The molecule has 0 bridgehead atoms. The first-order valence-corrected chi connectivity index (χ1v) is 11.7. The van der Waals surface area contributed by atoms with Gasteiger partial charge in [-0.2, -0.15) is 0 Å². The fourth-order valence-corrected chi connectivity index (χ4v) is 4.54. The SMILES string of the molecule is CC(C)(CO)[C@@H](CNC(=O)c1cccc(S(=O)(=O)NCC2CC2)c1)c1ccccc1. The maximum absolute atomic E-state index is 12.8. The molecule has 1 amide bonds. The van der Waals surface area contributed by atoms with Crippen LogP contribution in [-0.4, -0.2) is 39.1 Å². The van der Waals surface area contributed by atoms with Gasteiger partial charge in [0.1, 0.15) is 0 Å².